The summed E-state index contributed by atoms with van der Waals surface area (Å²) in [7, 11) is 0. The van der Waals surface area contributed by atoms with Crippen LogP contribution >= 0.6 is 0 Å². The second kappa shape index (κ2) is 51.2. The monoisotopic (exact) mass is 877 g/mol. The van der Waals surface area contributed by atoms with Gasteiger partial charge in [-0.05, 0) is 109 Å². The summed E-state index contributed by atoms with van der Waals surface area (Å²) in [5.41, 5.74) is 0. The van der Waals surface area contributed by atoms with Crippen molar-refractivity contribution in [1.82, 2.24) is 0 Å². The predicted molar refractivity (Wildman–Crippen MR) is 270 cm³/mol. The third-order valence-electron chi connectivity index (χ3n) is 10.9. The molecule has 0 saturated carbocycles. The van der Waals surface area contributed by atoms with Gasteiger partial charge < -0.3 is 14.2 Å². The average molecular weight is 877 g/mol. The van der Waals surface area contributed by atoms with Crippen LogP contribution in [0.25, 0.3) is 0 Å². The molecule has 0 spiro atoms. The van der Waals surface area contributed by atoms with E-state index in [0.717, 1.165) is 122 Å². The number of hydrogen-bond acceptors (Lipinski definition) is 6. The largest absolute Gasteiger partial charge is 0.462 e. The van der Waals surface area contributed by atoms with Crippen molar-refractivity contribution in [2.45, 2.75) is 245 Å². The van der Waals surface area contributed by atoms with Crippen LogP contribution in [0.5, 0.6) is 0 Å². The summed E-state index contributed by atoms with van der Waals surface area (Å²) in [6.45, 7) is 6.36. The number of carbonyl (C=O) groups excluding carboxylic acids is 3. The van der Waals surface area contributed by atoms with Crippen LogP contribution in [-0.4, -0.2) is 37.2 Å². The molecule has 0 fully saturated rings. The zero-order valence-corrected chi connectivity index (χ0v) is 41.1. The van der Waals surface area contributed by atoms with E-state index in [1.807, 2.05) is 0 Å². The van der Waals surface area contributed by atoms with Crippen molar-refractivity contribution >= 4 is 17.9 Å². The Labute approximate surface area is 388 Å². The van der Waals surface area contributed by atoms with Crippen molar-refractivity contribution in [2.75, 3.05) is 13.2 Å². The van der Waals surface area contributed by atoms with E-state index in [-0.39, 0.29) is 31.1 Å². The molecule has 0 amide bonds. The van der Waals surface area contributed by atoms with Gasteiger partial charge in [0.2, 0.25) is 0 Å². The lowest BCUT2D eigenvalue weighted by molar-refractivity contribution is -0.167. The van der Waals surface area contributed by atoms with Gasteiger partial charge in [-0.3, -0.25) is 14.4 Å². The third-order valence-corrected chi connectivity index (χ3v) is 10.9. The van der Waals surface area contributed by atoms with Crippen molar-refractivity contribution < 1.29 is 28.6 Å². The van der Waals surface area contributed by atoms with E-state index in [0.29, 0.717) is 19.3 Å². The maximum atomic E-state index is 12.8. The van der Waals surface area contributed by atoms with Crippen LogP contribution in [0.4, 0.5) is 0 Å². The molecule has 0 bridgehead atoms. The molecule has 0 aliphatic carbocycles. The summed E-state index contributed by atoms with van der Waals surface area (Å²) in [6.07, 6.45) is 65.6. The van der Waals surface area contributed by atoms with Gasteiger partial charge in [0.15, 0.2) is 6.10 Å². The molecule has 0 rings (SSSR count). The fraction of sp³-hybridized carbons (Fsp3) is 0.702. The molecule has 0 aliphatic heterocycles. The maximum absolute atomic E-state index is 12.8. The standard InChI is InChI=1S/C57H96O6/c1-4-7-10-13-16-19-22-25-28-29-30-33-35-38-41-44-47-50-56(59)62-53-54(63-57(60)51-48-45-42-39-36-32-27-24-21-18-15-12-9-6-3)52-61-55(58)49-46-43-40-37-34-31-26-23-20-17-14-11-8-5-2/h8-9,11-12,16-21,25,27-28,32,54H,4-7,10,13-15,22-24,26,29-31,33-53H2,1-3H3/b11-8-,12-9-,19-16-,20-17-,21-18-,28-25-,32-27-. The lowest BCUT2D eigenvalue weighted by atomic mass is 10.1. The second-order valence-electron chi connectivity index (χ2n) is 17.0. The minimum absolute atomic E-state index is 0.0930. The summed E-state index contributed by atoms with van der Waals surface area (Å²) in [4.78, 5) is 38.0. The Bertz CT molecular complexity index is 1240. The average Bonchev–Trinajstić information content (AvgIpc) is 3.28. The third kappa shape index (κ3) is 49.5. The number of hydrogen-bond donors (Lipinski definition) is 0. The van der Waals surface area contributed by atoms with Crippen LogP contribution in [-0.2, 0) is 28.6 Å². The van der Waals surface area contributed by atoms with Gasteiger partial charge in [0.25, 0.3) is 0 Å². The molecule has 0 radical (unpaired) electrons. The van der Waals surface area contributed by atoms with E-state index in [1.54, 1.807) is 0 Å². The Morgan fingerprint density at radius 3 is 0.968 bits per heavy atom. The molecular formula is C57H96O6. The number of carbonyl (C=O) groups is 3. The summed E-state index contributed by atoms with van der Waals surface area (Å²) in [5, 5.41) is 0. The first-order valence-electron chi connectivity index (χ1n) is 26.1. The molecule has 6 nitrogen and oxygen atoms in total. The van der Waals surface area contributed by atoms with Gasteiger partial charge in [-0.1, -0.05) is 196 Å². The molecule has 63 heavy (non-hydrogen) atoms. The van der Waals surface area contributed by atoms with Crippen LogP contribution in [0.3, 0.4) is 0 Å². The number of rotatable bonds is 46. The fourth-order valence-corrected chi connectivity index (χ4v) is 6.99. The molecule has 0 aliphatic rings. The minimum Gasteiger partial charge on any atom is -0.462 e. The fourth-order valence-electron chi connectivity index (χ4n) is 6.99. The molecular weight excluding hydrogens is 781 g/mol. The van der Waals surface area contributed by atoms with Crippen LogP contribution < -0.4 is 0 Å². The Hall–Kier alpha value is -3.41. The van der Waals surface area contributed by atoms with Gasteiger partial charge in [0.05, 0.1) is 0 Å². The van der Waals surface area contributed by atoms with Crippen molar-refractivity contribution in [1.29, 1.82) is 0 Å². The minimum atomic E-state index is -0.795. The smallest absolute Gasteiger partial charge is 0.306 e. The molecule has 1 atom stereocenters. The quantitative estimate of drug-likeness (QED) is 0.0262. The Kier molecular flexibility index (Phi) is 48.5. The first-order valence-corrected chi connectivity index (χ1v) is 26.1. The van der Waals surface area contributed by atoms with Crippen molar-refractivity contribution in [3.63, 3.8) is 0 Å². The molecule has 1 unspecified atom stereocenters. The first kappa shape index (κ1) is 59.6. The van der Waals surface area contributed by atoms with Crippen LogP contribution in [0.2, 0.25) is 0 Å². The Morgan fingerprint density at radius 2 is 0.619 bits per heavy atom. The van der Waals surface area contributed by atoms with Crippen LogP contribution in [0, 0.1) is 0 Å². The van der Waals surface area contributed by atoms with Gasteiger partial charge in [-0.25, -0.2) is 0 Å². The zero-order valence-electron chi connectivity index (χ0n) is 41.1. The van der Waals surface area contributed by atoms with E-state index in [4.69, 9.17) is 14.2 Å². The van der Waals surface area contributed by atoms with Crippen LogP contribution in [0.1, 0.15) is 239 Å². The van der Waals surface area contributed by atoms with Gasteiger partial charge in [0, 0.05) is 19.3 Å². The van der Waals surface area contributed by atoms with Gasteiger partial charge in [0.1, 0.15) is 13.2 Å². The highest BCUT2D eigenvalue weighted by molar-refractivity contribution is 5.71. The molecule has 0 aromatic carbocycles. The normalized spacial score (nSPS) is 12.7. The van der Waals surface area contributed by atoms with Gasteiger partial charge >= 0.3 is 17.9 Å². The maximum Gasteiger partial charge on any atom is 0.306 e. The summed E-state index contributed by atoms with van der Waals surface area (Å²) < 4.78 is 16.8. The molecule has 0 saturated heterocycles. The highest BCUT2D eigenvalue weighted by Crippen LogP contribution is 2.14. The van der Waals surface area contributed by atoms with E-state index in [2.05, 4.69) is 106 Å². The summed E-state index contributed by atoms with van der Waals surface area (Å²) in [6, 6.07) is 0. The van der Waals surface area contributed by atoms with Gasteiger partial charge in [-0.2, -0.15) is 0 Å². The van der Waals surface area contributed by atoms with Crippen molar-refractivity contribution in [3.05, 3.63) is 85.1 Å². The van der Waals surface area contributed by atoms with Gasteiger partial charge in [-0.15, -0.1) is 0 Å². The molecule has 0 aromatic rings. The summed E-state index contributed by atoms with van der Waals surface area (Å²) in [5.74, 6) is -0.931. The van der Waals surface area contributed by atoms with E-state index < -0.39 is 6.10 Å². The van der Waals surface area contributed by atoms with E-state index in [1.165, 1.54) is 77.0 Å². The Balaban J connectivity index is 4.43. The van der Waals surface area contributed by atoms with E-state index in [9.17, 15) is 14.4 Å². The lowest BCUT2D eigenvalue weighted by Gasteiger charge is -2.18. The number of esters is 3. The first-order chi connectivity index (χ1) is 31.0. The zero-order chi connectivity index (χ0) is 45.8. The molecule has 360 valence electrons. The number of ether oxygens (including phenoxy) is 3. The SMILES string of the molecule is CC/C=C\C/C=C\C/C=C\CCCCCCC(=O)OC(COC(=O)CCCCCCCCC/C=C\C/C=C\CC)COC(=O)CCCCCCCCC/C=C\C/C=C\CCCCC. The highest BCUT2D eigenvalue weighted by atomic mass is 16.6. The molecule has 0 N–H and O–H groups in total. The second-order valence-corrected chi connectivity index (χ2v) is 17.0. The lowest BCUT2D eigenvalue weighted by Crippen LogP contribution is -2.30. The molecule has 0 aromatic heterocycles. The van der Waals surface area contributed by atoms with Crippen molar-refractivity contribution in [2.24, 2.45) is 0 Å². The van der Waals surface area contributed by atoms with Crippen LogP contribution in [0.15, 0.2) is 85.1 Å². The number of unbranched alkanes of at least 4 members (excludes halogenated alkanes) is 21. The number of allylic oxidation sites excluding steroid dienone is 14. The Morgan fingerprint density at radius 1 is 0.333 bits per heavy atom. The highest BCUT2D eigenvalue weighted by Gasteiger charge is 2.19. The topological polar surface area (TPSA) is 78.9 Å². The van der Waals surface area contributed by atoms with E-state index >= 15 is 0 Å². The van der Waals surface area contributed by atoms with Crippen molar-refractivity contribution in [3.8, 4) is 0 Å². The predicted octanol–water partition coefficient (Wildman–Crippen LogP) is 17.2. The molecule has 6 heteroatoms. The summed E-state index contributed by atoms with van der Waals surface area (Å²) >= 11 is 0. The molecule has 0 heterocycles.